The fraction of sp³-hybridized carbons (Fsp3) is 0. The molecule has 0 aliphatic heterocycles. The third-order valence-electron chi connectivity index (χ3n) is 2.43. The molecule has 0 radical (unpaired) electrons. The van der Waals surface area contributed by atoms with Crippen LogP contribution < -0.4 is 5.73 Å². The highest BCUT2D eigenvalue weighted by Gasteiger charge is 2.15. The van der Waals surface area contributed by atoms with Gasteiger partial charge in [-0.05, 0) is 17.5 Å². The van der Waals surface area contributed by atoms with E-state index < -0.39 is 9.85 Å². The lowest BCUT2D eigenvalue weighted by Crippen LogP contribution is -1.96. The lowest BCUT2D eigenvalue weighted by Gasteiger charge is -2.02. The third kappa shape index (κ3) is 1.73. The van der Waals surface area contributed by atoms with E-state index in [-0.39, 0.29) is 17.1 Å². The van der Waals surface area contributed by atoms with Crippen molar-refractivity contribution in [2.45, 2.75) is 0 Å². The lowest BCUT2D eigenvalue weighted by atomic mass is 10.1. The maximum absolute atomic E-state index is 10.7. The molecular weight excluding hydrogens is 226 g/mol. The van der Waals surface area contributed by atoms with E-state index in [1.807, 2.05) is 0 Å². The molecule has 0 spiro atoms. The number of hydrogen-bond acceptors (Lipinski definition) is 5. The first kappa shape index (κ1) is 10.8. The molecule has 17 heavy (non-hydrogen) atoms. The SMILES string of the molecule is Nc1c([N+](=O)[O-])ccc2cc([N+](=O)[O-])ccc12. The first-order valence-electron chi connectivity index (χ1n) is 4.61. The molecule has 0 saturated carbocycles. The summed E-state index contributed by atoms with van der Waals surface area (Å²) in [7, 11) is 0. The highest BCUT2D eigenvalue weighted by Crippen LogP contribution is 2.32. The third-order valence-corrected chi connectivity index (χ3v) is 2.43. The standard InChI is InChI=1S/C10H7N3O4/c11-10-8-3-2-7(12(14)15)5-6(8)1-4-9(10)13(16)17/h1-5H,11H2. The van der Waals surface area contributed by atoms with E-state index in [0.29, 0.717) is 10.8 Å². The smallest absolute Gasteiger partial charge is 0.292 e. The second-order valence-corrected chi connectivity index (χ2v) is 3.42. The van der Waals surface area contributed by atoms with E-state index in [1.165, 1.54) is 30.3 Å². The van der Waals surface area contributed by atoms with Crippen LogP contribution in [-0.4, -0.2) is 9.85 Å². The molecular formula is C10H7N3O4. The van der Waals surface area contributed by atoms with Gasteiger partial charge in [-0.15, -0.1) is 0 Å². The Kier molecular flexibility index (Phi) is 2.36. The minimum absolute atomic E-state index is 0.0161. The van der Waals surface area contributed by atoms with Crippen LogP contribution in [0.15, 0.2) is 30.3 Å². The summed E-state index contributed by atoms with van der Waals surface area (Å²) >= 11 is 0. The Balaban J connectivity index is 2.72. The maximum atomic E-state index is 10.7. The summed E-state index contributed by atoms with van der Waals surface area (Å²) in [6.07, 6.45) is 0. The van der Waals surface area contributed by atoms with Crippen molar-refractivity contribution in [3.05, 3.63) is 50.6 Å². The topological polar surface area (TPSA) is 112 Å². The molecule has 0 aromatic heterocycles. The average Bonchev–Trinajstić information content (AvgIpc) is 2.28. The van der Waals surface area contributed by atoms with Crippen molar-refractivity contribution in [3.8, 4) is 0 Å². The number of nitro groups is 2. The number of anilines is 1. The van der Waals surface area contributed by atoms with Crippen molar-refractivity contribution >= 4 is 27.8 Å². The van der Waals surface area contributed by atoms with Crippen molar-refractivity contribution in [2.75, 3.05) is 5.73 Å². The number of nitrogens with zero attached hydrogens (tertiary/aromatic N) is 2. The van der Waals surface area contributed by atoms with Gasteiger partial charge in [0, 0.05) is 23.6 Å². The van der Waals surface area contributed by atoms with Gasteiger partial charge >= 0.3 is 0 Å². The van der Waals surface area contributed by atoms with Crippen LogP contribution in [0.25, 0.3) is 10.8 Å². The normalized spacial score (nSPS) is 10.4. The Morgan fingerprint density at radius 1 is 1.00 bits per heavy atom. The number of benzene rings is 2. The van der Waals surface area contributed by atoms with Gasteiger partial charge in [-0.25, -0.2) is 0 Å². The zero-order valence-electron chi connectivity index (χ0n) is 8.49. The molecule has 2 N–H and O–H groups in total. The highest BCUT2D eigenvalue weighted by molar-refractivity contribution is 5.98. The predicted octanol–water partition coefficient (Wildman–Crippen LogP) is 2.24. The molecule has 86 valence electrons. The average molecular weight is 233 g/mol. The molecule has 2 aromatic rings. The minimum atomic E-state index is -0.587. The second kappa shape index (κ2) is 3.71. The van der Waals surface area contributed by atoms with Gasteiger partial charge in [0.05, 0.1) is 9.85 Å². The zero-order valence-corrected chi connectivity index (χ0v) is 8.49. The van der Waals surface area contributed by atoms with E-state index in [1.54, 1.807) is 0 Å². The lowest BCUT2D eigenvalue weighted by molar-refractivity contribution is -0.384. The molecule has 7 nitrogen and oxygen atoms in total. The fourth-order valence-corrected chi connectivity index (χ4v) is 1.60. The van der Waals surface area contributed by atoms with Crippen LogP contribution >= 0.6 is 0 Å². The highest BCUT2D eigenvalue weighted by atomic mass is 16.6. The molecule has 7 heteroatoms. The van der Waals surface area contributed by atoms with Gasteiger partial charge in [-0.1, -0.05) is 0 Å². The molecule has 0 saturated heterocycles. The molecule has 0 heterocycles. The molecule has 0 atom stereocenters. The van der Waals surface area contributed by atoms with Crippen LogP contribution in [0, 0.1) is 20.2 Å². The zero-order chi connectivity index (χ0) is 12.6. The minimum Gasteiger partial charge on any atom is -0.393 e. The van der Waals surface area contributed by atoms with Gasteiger partial charge in [0.25, 0.3) is 11.4 Å². The van der Waals surface area contributed by atoms with Crippen molar-refractivity contribution < 1.29 is 9.85 Å². The number of fused-ring (bicyclic) bond motifs is 1. The van der Waals surface area contributed by atoms with Crippen molar-refractivity contribution in [1.29, 1.82) is 0 Å². The molecule has 0 unspecified atom stereocenters. The number of nitrogens with two attached hydrogens (primary N) is 1. The monoisotopic (exact) mass is 233 g/mol. The van der Waals surface area contributed by atoms with Crippen LogP contribution in [0.1, 0.15) is 0 Å². The molecule has 0 aliphatic rings. The quantitative estimate of drug-likeness (QED) is 0.485. The van der Waals surface area contributed by atoms with E-state index in [0.717, 1.165) is 0 Å². The Morgan fingerprint density at radius 3 is 2.29 bits per heavy atom. The van der Waals surface area contributed by atoms with Crippen LogP contribution in [0.4, 0.5) is 17.1 Å². The van der Waals surface area contributed by atoms with E-state index in [9.17, 15) is 20.2 Å². The Morgan fingerprint density at radius 2 is 1.71 bits per heavy atom. The number of nitrogen functional groups attached to an aromatic ring is 1. The summed E-state index contributed by atoms with van der Waals surface area (Å²) in [4.78, 5) is 20.1. The second-order valence-electron chi connectivity index (χ2n) is 3.42. The van der Waals surface area contributed by atoms with Gasteiger partial charge in [-0.3, -0.25) is 20.2 Å². The van der Waals surface area contributed by atoms with E-state index in [2.05, 4.69) is 0 Å². The summed E-state index contributed by atoms with van der Waals surface area (Å²) in [5.74, 6) is 0. The van der Waals surface area contributed by atoms with Crippen LogP contribution in [0.2, 0.25) is 0 Å². The summed E-state index contributed by atoms with van der Waals surface area (Å²) in [6.45, 7) is 0. The summed E-state index contributed by atoms with van der Waals surface area (Å²) in [5, 5.41) is 22.2. The number of rotatable bonds is 2. The van der Waals surface area contributed by atoms with Gasteiger partial charge in [0.2, 0.25) is 0 Å². The Labute approximate surface area is 94.8 Å². The van der Waals surface area contributed by atoms with Crippen molar-refractivity contribution in [1.82, 2.24) is 0 Å². The summed E-state index contributed by atoms with van der Waals surface area (Å²) in [6, 6.07) is 6.69. The Hall–Kier alpha value is -2.70. The number of nitro benzene ring substituents is 2. The van der Waals surface area contributed by atoms with Crippen LogP contribution in [0.3, 0.4) is 0 Å². The molecule has 0 fully saturated rings. The van der Waals surface area contributed by atoms with Gasteiger partial charge in [0.1, 0.15) is 5.69 Å². The largest absolute Gasteiger partial charge is 0.393 e. The van der Waals surface area contributed by atoms with Crippen LogP contribution in [-0.2, 0) is 0 Å². The summed E-state index contributed by atoms with van der Waals surface area (Å²) < 4.78 is 0. The van der Waals surface area contributed by atoms with E-state index in [4.69, 9.17) is 5.73 Å². The molecule has 2 rings (SSSR count). The van der Waals surface area contributed by atoms with Crippen molar-refractivity contribution in [3.63, 3.8) is 0 Å². The van der Waals surface area contributed by atoms with Crippen LogP contribution in [0.5, 0.6) is 0 Å². The van der Waals surface area contributed by atoms with Gasteiger partial charge in [-0.2, -0.15) is 0 Å². The summed E-state index contributed by atoms with van der Waals surface area (Å²) in [5.41, 5.74) is 5.37. The van der Waals surface area contributed by atoms with E-state index >= 15 is 0 Å². The molecule has 0 aliphatic carbocycles. The Bertz CT molecular complexity index is 639. The van der Waals surface area contributed by atoms with Gasteiger partial charge in [0.15, 0.2) is 0 Å². The molecule has 0 amide bonds. The maximum Gasteiger partial charge on any atom is 0.292 e. The first-order valence-corrected chi connectivity index (χ1v) is 4.61. The first-order chi connectivity index (χ1) is 8.00. The van der Waals surface area contributed by atoms with Gasteiger partial charge < -0.3 is 5.73 Å². The number of non-ortho nitro benzene ring substituents is 1. The fourth-order valence-electron chi connectivity index (χ4n) is 1.60. The van der Waals surface area contributed by atoms with Crippen molar-refractivity contribution in [2.24, 2.45) is 0 Å². The predicted molar refractivity (Wildman–Crippen MR) is 61.7 cm³/mol. The molecule has 0 bridgehead atoms. The number of hydrogen-bond donors (Lipinski definition) is 1. The molecule has 2 aromatic carbocycles.